The van der Waals surface area contributed by atoms with Gasteiger partial charge in [-0.1, -0.05) is 23.5 Å². The van der Waals surface area contributed by atoms with Crippen LogP contribution in [0.1, 0.15) is 12.8 Å². The number of nitrogens with one attached hydrogen (secondary N) is 1. The molecule has 0 spiro atoms. The van der Waals surface area contributed by atoms with Crippen LogP contribution in [0.4, 0.5) is 10.9 Å². The van der Waals surface area contributed by atoms with Crippen molar-refractivity contribution in [2.24, 2.45) is 5.92 Å². The van der Waals surface area contributed by atoms with E-state index in [2.05, 4.69) is 30.4 Å². The normalized spacial score (nSPS) is 16.5. The largest absolute Gasteiger partial charge is 0.354 e. The SMILES string of the molecule is O=C(Nc1nc2ccccc2s1)C1CCCN(c2ccc(-c3cccnc3)nn2)C1. The van der Waals surface area contributed by atoms with Gasteiger partial charge in [-0.3, -0.25) is 9.78 Å². The number of carbonyl (C=O) groups excluding carboxylic acids is 1. The van der Waals surface area contributed by atoms with Crippen LogP contribution in [-0.4, -0.2) is 39.2 Å². The van der Waals surface area contributed by atoms with Crippen molar-refractivity contribution >= 4 is 38.4 Å². The maximum Gasteiger partial charge on any atom is 0.231 e. The molecule has 4 aromatic rings. The number of nitrogens with zero attached hydrogens (tertiary/aromatic N) is 5. The highest BCUT2D eigenvalue weighted by Crippen LogP contribution is 2.28. The molecular formula is C22H20N6OS. The summed E-state index contributed by atoms with van der Waals surface area (Å²) in [6.07, 6.45) is 5.30. The smallest absolute Gasteiger partial charge is 0.231 e. The fourth-order valence-corrected chi connectivity index (χ4v) is 4.56. The van der Waals surface area contributed by atoms with Crippen molar-refractivity contribution in [3.8, 4) is 11.3 Å². The first-order valence-electron chi connectivity index (χ1n) is 9.92. The highest BCUT2D eigenvalue weighted by Gasteiger charge is 2.27. The summed E-state index contributed by atoms with van der Waals surface area (Å²) >= 11 is 1.50. The van der Waals surface area contributed by atoms with E-state index in [1.54, 1.807) is 12.4 Å². The topological polar surface area (TPSA) is 83.9 Å². The quantitative estimate of drug-likeness (QED) is 0.541. The zero-order valence-electron chi connectivity index (χ0n) is 16.2. The lowest BCUT2D eigenvalue weighted by Gasteiger charge is -2.32. The molecule has 0 saturated carbocycles. The van der Waals surface area contributed by atoms with Gasteiger partial charge in [-0.2, -0.15) is 0 Å². The summed E-state index contributed by atoms with van der Waals surface area (Å²) in [7, 11) is 0. The minimum Gasteiger partial charge on any atom is -0.354 e. The van der Waals surface area contributed by atoms with Crippen LogP contribution in [0.5, 0.6) is 0 Å². The van der Waals surface area contributed by atoms with Crippen LogP contribution < -0.4 is 10.2 Å². The predicted octanol–water partition coefficient (Wildman–Crippen LogP) is 4.00. The number of para-hydroxylation sites is 1. The van der Waals surface area contributed by atoms with Crippen molar-refractivity contribution in [1.82, 2.24) is 20.2 Å². The Hall–Kier alpha value is -3.39. The molecule has 150 valence electrons. The van der Waals surface area contributed by atoms with Gasteiger partial charge in [0.2, 0.25) is 5.91 Å². The number of hydrogen-bond donors (Lipinski definition) is 1. The molecule has 0 bridgehead atoms. The van der Waals surface area contributed by atoms with E-state index in [0.29, 0.717) is 11.7 Å². The number of hydrogen-bond acceptors (Lipinski definition) is 7. The van der Waals surface area contributed by atoms with Crippen LogP contribution in [0.15, 0.2) is 60.9 Å². The van der Waals surface area contributed by atoms with Crippen LogP contribution in [-0.2, 0) is 4.79 Å². The van der Waals surface area contributed by atoms with E-state index in [9.17, 15) is 4.79 Å². The lowest BCUT2D eigenvalue weighted by atomic mass is 9.97. The molecule has 7 nitrogen and oxygen atoms in total. The highest BCUT2D eigenvalue weighted by atomic mass is 32.1. The highest BCUT2D eigenvalue weighted by molar-refractivity contribution is 7.22. The molecule has 8 heteroatoms. The third-order valence-electron chi connectivity index (χ3n) is 5.25. The Morgan fingerprint density at radius 2 is 2.03 bits per heavy atom. The molecule has 1 fully saturated rings. The van der Waals surface area contributed by atoms with Crippen molar-refractivity contribution in [3.05, 3.63) is 60.9 Å². The van der Waals surface area contributed by atoms with Crippen LogP contribution in [0, 0.1) is 5.92 Å². The number of fused-ring (bicyclic) bond motifs is 1. The molecular weight excluding hydrogens is 396 g/mol. The molecule has 1 amide bonds. The van der Waals surface area contributed by atoms with E-state index < -0.39 is 0 Å². The van der Waals surface area contributed by atoms with Crippen molar-refractivity contribution in [2.75, 3.05) is 23.3 Å². The van der Waals surface area contributed by atoms with Crippen LogP contribution in [0.3, 0.4) is 0 Å². The molecule has 1 aliphatic rings. The first-order chi connectivity index (χ1) is 14.8. The Kier molecular flexibility index (Phi) is 5.06. The van der Waals surface area contributed by atoms with Crippen molar-refractivity contribution in [1.29, 1.82) is 0 Å². The second-order valence-corrected chi connectivity index (χ2v) is 8.31. The van der Waals surface area contributed by atoms with Crippen LogP contribution in [0.25, 0.3) is 21.5 Å². The number of thiazole rings is 1. The molecule has 1 aliphatic heterocycles. The van der Waals surface area contributed by atoms with E-state index in [1.165, 1.54) is 11.3 Å². The monoisotopic (exact) mass is 416 g/mol. The Labute approximate surface area is 177 Å². The van der Waals surface area contributed by atoms with Crippen LogP contribution >= 0.6 is 11.3 Å². The number of pyridine rings is 1. The predicted molar refractivity (Wildman–Crippen MR) is 118 cm³/mol. The van der Waals surface area contributed by atoms with Gasteiger partial charge >= 0.3 is 0 Å². The van der Waals surface area contributed by atoms with Gasteiger partial charge in [-0.05, 0) is 49.2 Å². The number of carbonyl (C=O) groups is 1. The Morgan fingerprint density at radius 1 is 1.10 bits per heavy atom. The third-order valence-corrected chi connectivity index (χ3v) is 6.20. The molecule has 4 heterocycles. The Morgan fingerprint density at radius 3 is 2.83 bits per heavy atom. The molecule has 5 rings (SSSR count). The standard InChI is InChI=1S/C22H20N6OS/c29-21(25-22-24-18-7-1-2-8-19(18)30-22)16-6-4-12-28(14-16)20-10-9-17(26-27-20)15-5-3-11-23-13-15/h1-3,5,7-11,13,16H,4,6,12,14H2,(H,24,25,29). The van der Waals surface area contributed by atoms with Gasteiger partial charge in [0.05, 0.1) is 21.8 Å². The van der Waals surface area contributed by atoms with E-state index in [1.807, 2.05) is 48.5 Å². The van der Waals surface area contributed by atoms with Gasteiger partial charge in [0, 0.05) is 31.0 Å². The number of benzene rings is 1. The van der Waals surface area contributed by atoms with Crippen molar-refractivity contribution in [3.63, 3.8) is 0 Å². The van der Waals surface area contributed by atoms with Gasteiger partial charge in [0.25, 0.3) is 0 Å². The van der Waals surface area contributed by atoms with Gasteiger partial charge in [0.1, 0.15) is 0 Å². The van der Waals surface area contributed by atoms with E-state index in [4.69, 9.17) is 0 Å². The number of rotatable bonds is 4. The van der Waals surface area contributed by atoms with Crippen molar-refractivity contribution < 1.29 is 4.79 Å². The molecule has 0 aliphatic carbocycles. The Balaban J connectivity index is 1.26. The lowest BCUT2D eigenvalue weighted by Crippen LogP contribution is -2.41. The van der Waals surface area contributed by atoms with Gasteiger partial charge in [-0.15, -0.1) is 10.2 Å². The average Bonchev–Trinajstić information content (AvgIpc) is 3.22. The van der Waals surface area contributed by atoms with Crippen LogP contribution in [0.2, 0.25) is 0 Å². The molecule has 3 aromatic heterocycles. The fraction of sp³-hybridized carbons (Fsp3) is 0.227. The summed E-state index contributed by atoms with van der Waals surface area (Å²) in [6.45, 7) is 1.49. The number of anilines is 2. The minimum atomic E-state index is -0.106. The molecule has 1 saturated heterocycles. The van der Waals surface area contributed by atoms with E-state index >= 15 is 0 Å². The van der Waals surface area contributed by atoms with Gasteiger partial charge in [0.15, 0.2) is 10.9 Å². The minimum absolute atomic E-state index is 0.0127. The van der Waals surface area contributed by atoms with E-state index in [-0.39, 0.29) is 11.8 Å². The maximum absolute atomic E-state index is 12.8. The average molecular weight is 417 g/mol. The summed E-state index contributed by atoms with van der Waals surface area (Å²) in [5.41, 5.74) is 2.63. The summed E-state index contributed by atoms with van der Waals surface area (Å²) in [4.78, 5) is 23.6. The summed E-state index contributed by atoms with van der Waals surface area (Å²) in [6, 6.07) is 15.6. The van der Waals surface area contributed by atoms with E-state index in [0.717, 1.165) is 46.7 Å². The molecule has 1 N–H and O–H groups in total. The number of piperidine rings is 1. The second-order valence-electron chi connectivity index (χ2n) is 7.28. The number of aromatic nitrogens is 4. The molecule has 1 atom stereocenters. The lowest BCUT2D eigenvalue weighted by molar-refractivity contribution is -0.120. The Bertz CT molecular complexity index is 1130. The first kappa shape index (κ1) is 18.6. The van der Waals surface area contributed by atoms with Gasteiger partial charge in [-0.25, -0.2) is 4.98 Å². The zero-order chi connectivity index (χ0) is 20.3. The molecule has 1 unspecified atom stereocenters. The second kappa shape index (κ2) is 8.16. The third kappa shape index (κ3) is 3.86. The molecule has 0 radical (unpaired) electrons. The zero-order valence-corrected chi connectivity index (χ0v) is 17.0. The molecule has 30 heavy (non-hydrogen) atoms. The summed E-state index contributed by atoms with van der Waals surface area (Å²) < 4.78 is 1.07. The van der Waals surface area contributed by atoms with Crippen molar-refractivity contribution in [2.45, 2.75) is 12.8 Å². The fourth-order valence-electron chi connectivity index (χ4n) is 3.69. The summed E-state index contributed by atoms with van der Waals surface area (Å²) in [5, 5.41) is 12.4. The summed E-state index contributed by atoms with van der Waals surface area (Å²) in [5.74, 6) is 0.699. The maximum atomic E-state index is 12.8. The van der Waals surface area contributed by atoms with Gasteiger partial charge < -0.3 is 10.2 Å². The first-order valence-corrected chi connectivity index (χ1v) is 10.7. The molecule has 1 aromatic carbocycles. The number of amides is 1.